The summed E-state index contributed by atoms with van der Waals surface area (Å²) in [5.74, 6) is -1.32. The van der Waals surface area contributed by atoms with Crippen LogP contribution in [0.3, 0.4) is 0 Å². The van der Waals surface area contributed by atoms with Crippen molar-refractivity contribution >= 4 is 33.3 Å². The maximum absolute atomic E-state index is 12.8. The molecule has 3 rings (SSSR count). The molecule has 24 heavy (non-hydrogen) atoms. The zero-order chi connectivity index (χ0) is 17.4. The van der Waals surface area contributed by atoms with Crippen molar-refractivity contribution in [1.82, 2.24) is 4.57 Å². The number of carboxylic acids is 1. The van der Waals surface area contributed by atoms with Crippen LogP contribution in [0.25, 0.3) is 10.8 Å². The summed E-state index contributed by atoms with van der Waals surface area (Å²) in [6.45, 7) is 0. The van der Waals surface area contributed by atoms with Gasteiger partial charge < -0.3 is 9.67 Å². The maximum atomic E-state index is 12.8. The van der Waals surface area contributed by atoms with Gasteiger partial charge in [0.2, 0.25) is 0 Å². The molecule has 1 N–H and O–H groups in total. The van der Waals surface area contributed by atoms with Gasteiger partial charge in [-0.2, -0.15) is 0 Å². The summed E-state index contributed by atoms with van der Waals surface area (Å²) in [5, 5.41) is 10.7. The average Bonchev–Trinajstić information content (AvgIpc) is 2.95. The molecule has 0 spiro atoms. The first kappa shape index (κ1) is 16.1. The van der Waals surface area contributed by atoms with Gasteiger partial charge in [-0.3, -0.25) is 9.00 Å². The minimum Gasteiger partial charge on any atom is -0.477 e. The highest BCUT2D eigenvalue weighted by atomic mass is 32.2. The molecule has 2 aromatic carbocycles. The minimum atomic E-state index is -1.10. The first-order valence-corrected chi connectivity index (χ1v) is 8.75. The third-order valence-corrected chi connectivity index (χ3v) is 4.83. The number of carbonyl (C=O) groups is 2. The highest BCUT2D eigenvalue weighted by molar-refractivity contribution is 7.84. The summed E-state index contributed by atoms with van der Waals surface area (Å²) in [6, 6.07) is 12.0. The first-order chi connectivity index (χ1) is 11.4. The topological polar surface area (TPSA) is 76.4 Å². The Labute approximate surface area is 141 Å². The number of aromatic carboxylic acids is 1. The van der Waals surface area contributed by atoms with Crippen molar-refractivity contribution in [2.45, 2.75) is 4.90 Å². The monoisotopic (exact) mass is 341 g/mol. The molecule has 0 saturated carbocycles. The summed E-state index contributed by atoms with van der Waals surface area (Å²) in [5.41, 5.74) is 0.872. The molecule has 5 nitrogen and oxygen atoms in total. The lowest BCUT2D eigenvalue weighted by Crippen LogP contribution is -2.02. The summed E-state index contributed by atoms with van der Waals surface area (Å²) in [6.07, 6.45) is 3.12. The summed E-state index contributed by atoms with van der Waals surface area (Å²) in [4.78, 5) is 24.6. The van der Waals surface area contributed by atoms with E-state index in [-0.39, 0.29) is 11.5 Å². The Balaban J connectivity index is 2.12. The normalized spacial score (nSPS) is 12.2. The Morgan fingerprint density at radius 3 is 2.50 bits per heavy atom. The Morgan fingerprint density at radius 1 is 1.12 bits per heavy atom. The van der Waals surface area contributed by atoms with Crippen molar-refractivity contribution in [1.29, 1.82) is 0 Å². The van der Waals surface area contributed by atoms with Crippen LogP contribution in [-0.4, -0.2) is 31.9 Å². The van der Waals surface area contributed by atoms with E-state index in [9.17, 15) is 13.8 Å². The van der Waals surface area contributed by atoms with E-state index in [1.165, 1.54) is 16.8 Å². The number of fused-ring (bicyclic) bond motifs is 1. The second-order valence-corrected chi connectivity index (χ2v) is 6.88. The third kappa shape index (κ3) is 2.76. The lowest BCUT2D eigenvalue weighted by molar-refractivity contribution is 0.0686. The zero-order valence-corrected chi connectivity index (χ0v) is 14.0. The Morgan fingerprint density at radius 2 is 1.88 bits per heavy atom. The quantitative estimate of drug-likeness (QED) is 0.740. The lowest BCUT2D eigenvalue weighted by Gasteiger charge is -2.06. The summed E-state index contributed by atoms with van der Waals surface area (Å²) >= 11 is 0. The van der Waals surface area contributed by atoms with E-state index in [2.05, 4.69) is 0 Å². The van der Waals surface area contributed by atoms with Gasteiger partial charge in [-0.25, -0.2) is 4.79 Å². The van der Waals surface area contributed by atoms with Gasteiger partial charge >= 0.3 is 5.97 Å². The van der Waals surface area contributed by atoms with E-state index in [1.807, 2.05) is 6.07 Å². The number of nitrogens with zero attached hydrogens (tertiary/aromatic N) is 1. The molecule has 0 aliphatic carbocycles. The molecule has 1 unspecified atom stereocenters. The van der Waals surface area contributed by atoms with Crippen LogP contribution in [0.1, 0.15) is 26.4 Å². The molecule has 0 saturated heterocycles. The van der Waals surface area contributed by atoms with Crippen LogP contribution < -0.4 is 0 Å². The van der Waals surface area contributed by atoms with Gasteiger partial charge in [0.1, 0.15) is 5.69 Å². The Kier molecular flexibility index (Phi) is 4.07. The minimum absolute atomic E-state index is 0.0576. The van der Waals surface area contributed by atoms with Crippen molar-refractivity contribution in [2.75, 3.05) is 6.26 Å². The lowest BCUT2D eigenvalue weighted by atomic mass is 9.98. The predicted molar refractivity (Wildman–Crippen MR) is 92.1 cm³/mol. The molecule has 122 valence electrons. The highest BCUT2D eigenvalue weighted by Gasteiger charge is 2.18. The van der Waals surface area contributed by atoms with E-state index in [0.29, 0.717) is 16.0 Å². The fraction of sp³-hybridized carbons (Fsp3) is 0.111. The molecule has 6 heteroatoms. The first-order valence-electron chi connectivity index (χ1n) is 7.19. The SMILES string of the molecule is Cn1cc(C(=O)c2cccc3cc(S(C)=O)ccc23)cc1C(=O)O. The Bertz CT molecular complexity index is 1000. The van der Waals surface area contributed by atoms with Gasteiger partial charge in [0.05, 0.1) is 0 Å². The molecular formula is C18H15NO4S. The van der Waals surface area contributed by atoms with Gasteiger partial charge in [-0.05, 0) is 29.0 Å². The van der Waals surface area contributed by atoms with Gasteiger partial charge in [-0.15, -0.1) is 0 Å². The van der Waals surface area contributed by atoms with E-state index in [1.54, 1.807) is 43.6 Å². The van der Waals surface area contributed by atoms with E-state index < -0.39 is 16.8 Å². The fourth-order valence-electron chi connectivity index (χ4n) is 2.70. The molecule has 0 amide bonds. The van der Waals surface area contributed by atoms with Crippen LogP contribution >= 0.6 is 0 Å². The molecule has 3 aromatic rings. The molecule has 0 aliphatic rings. The molecule has 0 fully saturated rings. The van der Waals surface area contributed by atoms with Gasteiger partial charge in [0, 0.05) is 46.3 Å². The van der Waals surface area contributed by atoms with Crippen LogP contribution in [0, 0.1) is 0 Å². The number of hydrogen-bond donors (Lipinski definition) is 1. The summed E-state index contributed by atoms with van der Waals surface area (Å²) < 4.78 is 13.0. The molecule has 0 bridgehead atoms. The number of rotatable bonds is 4. The number of benzene rings is 2. The van der Waals surface area contributed by atoms with Gasteiger partial charge in [0.25, 0.3) is 0 Å². The van der Waals surface area contributed by atoms with Gasteiger partial charge in [-0.1, -0.05) is 24.3 Å². The largest absolute Gasteiger partial charge is 0.477 e. The second kappa shape index (κ2) is 6.05. The number of carboxylic acid groups (broad SMARTS) is 1. The number of aryl methyl sites for hydroxylation is 1. The van der Waals surface area contributed by atoms with Crippen molar-refractivity contribution in [3.63, 3.8) is 0 Å². The van der Waals surface area contributed by atoms with Crippen LogP contribution in [0.4, 0.5) is 0 Å². The van der Waals surface area contributed by atoms with Crippen molar-refractivity contribution in [3.8, 4) is 0 Å². The number of ketones is 1. The average molecular weight is 341 g/mol. The standard InChI is InChI=1S/C18H15NO4S/c1-19-10-12(9-16(19)18(21)22)17(20)15-5-3-4-11-8-13(24(2)23)6-7-14(11)15/h3-10H,1-2H3,(H,21,22). The number of aromatic nitrogens is 1. The van der Waals surface area contributed by atoms with E-state index >= 15 is 0 Å². The smallest absolute Gasteiger partial charge is 0.352 e. The van der Waals surface area contributed by atoms with Crippen LogP contribution in [-0.2, 0) is 17.8 Å². The van der Waals surface area contributed by atoms with Gasteiger partial charge in [0.15, 0.2) is 5.78 Å². The van der Waals surface area contributed by atoms with Crippen LogP contribution in [0.15, 0.2) is 53.6 Å². The van der Waals surface area contributed by atoms with Crippen molar-refractivity contribution in [3.05, 3.63) is 65.5 Å². The molecule has 1 atom stereocenters. The van der Waals surface area contributed by atoms with Crippen LogP contribution in [0.2, 0.25) is 0 Å². The van der Waals surface area contributed by atoms with E-state index in [4.69, 9.17) is 5.11 Å². The molecular weight excluding hydrogens is 326 g/mol. The number of carbonyl (C=O) groups excluding carboxylic acids is 1. The van der Waals surface area contributed by atoms with Crippen molar-refractivity contribution in [2.24, 2.45) is 7.05 Å². The molecule has 0 aliphatic heterocycles. The number of hydrogen-bond acceptors (Lipinski definition) is 3. The van der Waals surface area contributed by atoms with E-state index in [0.717, 1.165) is 10.8 Å². The zero-order valence-electron chi connectivity index (χ0n) is 13.1. The van der Waals surface area contributed by atoms with Crippen molar-refractivity contribution < 1.29 is 18.9 Å². The van der Waals surface area contributed by atoms with Crippen LogP contribution in [0.5, 0.6) is 0 Å². The molecule has 0 radical (unpaired) electrons. The fourth-order valence-corrected chi connectivity index (χ4v) is 3.25. The highest BCUT2D eigenvalue weighted by Crippen LogP contribution is 2.24. The maximum Gasteiger partial charge on any atom is 0.352 e. The molecule has 1 heterocycles. The molecule has 1 aromatic heterocycles. The summed E-state index contributed by atoms with van der Waals surface area (Å²) in [7, 11) is 0.493. The third-order valence-electron chi connectivity index (χ3n) is 3.91. The Hall–Kier alpha value is -2.73. The predicted octanol–water partition coefficient (Wildman–Crippen LogP) is 2.84. The second-order valence-electron chi connectivity index (χ2n) is 5.50.